The van der Waals surface area contributed by atoms with E-state index < -0.39 is 23.1 Å². The molecule has 1 aromatic rings. The number of alkyl halides is 1. The van der Waals surface area contributed by atoms with Crippen LogP contribution >= 0.6 is 27.5 Å². The number of carbonyl (C=O) groups excluding carboxylic acids is 1. The van der Waals surface area contributed by atoms with Gasteiger partial charge in [-0.1, -0.05) is 15.9 Å². The van der Waals surface area contributed by atoms with E-state index in [1.165, 1.54) is 4.90 Å². The van der Waals surface area contributed by atoms with Crippen LogP contribution in [0.5, 0.6) is 0 Å². The second-order valence-corrected chi connectivity index (χ2v) is 5.32. The molecule has 0 aliphatic heterocycles. The first-order valence-corrected chi connectivity index (χ1v) is 6.72. The third-order valence-corrected chi connectivity index (χ3v) is 3.06. The molecular formula is C12H13BrClF2NO. The molecule has 6 heteroatoms. The van der Waals surface area contributed by atoms with Crippen LogP contribution in [-0.2, 0) is 0 Å². The van der Waals surface area contributed by atoms with E-state index in [1.54, 1.807) is 13.8 Å². The first-order chi connectivity index (χ1) is 8.38. The van der Waals surface area contributed by atoms with Gasteiger partial charge in [-0.05, 0) is 26.0 Å². The second kappa shape index (κ2) is 6.48. The summed E-state index contributed by atoms with van der Waals surface area (Å²) in [5, 5.41) is 0. The van der Waals surface area contributed by atoms with Crippen LogP contribution in [0, 0.1) is 11.6 Å². The molecule has 0 radical (unpaired) electrons. The zero-order valence-corrected chi connectivity index (χ0v) is 12.4. The maximum Gasteiger partial charge on any atom is 0.260 e. The van der Waals surface area contributed by atoms with Gasteiger partial charge in [0.2, 0.25) is 0 Å². The minimum Gasteiger partial charge on any atom is -0.335 e. The minimum atomic E-state index is -0.882. The second-order valence-electron chi connectivity index (χ2n) is 4.03. The van der Waals surface area contributed by atoms with E-state index in [2.05, 4.69) is 15.9 Å². The molecule has 0 N–H and O–H groups in total. The Morgan fingerprint density at radius 3 is 2.28 bits per heavy atom. The summed E-state index contributed by atoms with van der Waals surface area (Å²) in [4.78, 5) is 13.4. The molecule has 0 unspecified atom stereocenters. The van der Waals surface area contributed by atoms with Crippen molar-refractivity contribution in [3.05, 3.63) is 33.8 Å². The molecule has 1 amide bonds. The Morgan fingerprint density at radius 1 is 1.39 bits per heavy atom. The van der Waals surface area contributed by atoms with Gasteiger partial charge in [-0.15, -0.1) is 11.6 Å². The summed E-state index contributed by atoms with van der Waals surface area (Å²) < 4.78 is 27.6. The maximum atomic E-state index is 13.7. The molecule has 0 fully saturated rings. The fraction of sp³-hybridized carbons (Fsp3) is 0.417. The molecule has 2 nitrogen and oxygen atoms in total. The van der Waals surface area contributed by atoms with E-state index in [1.807, 2.05) is 0 Å². The van der Waals surface area contributed by atoms with E-state index in [9.17, 15) is 13.6 Å². The minimum absolute atomic E-state index is 0.182. The lowest BCUT2D eigenvalue weighted by Gasteiger charge is -2.26. The summed E-state index contributed by atoms with van der Waals surface area (Å²) in [6.45, 7) is 3.77. The van der Waals surface area contributed by atoms with Gasteiger partial charge in [0.15, 0.2) is 0 Å². The van der Waals surface area contributed by atoms with Gasteiger partial charge in [0, 0.05) is 22.9 Å². The molecule has 100 valence electrons. The predicted molar refractivity (Wildman–Crippen MR) is 71.0 cm³/mol. The first-order valence-electron chi connectivity index (χ1n) is 5.40. The molecule has 0 atom stereocenters. The van der Waals surface area contributed by atoms with Crippen molar-refractivity contribution in [3.63, 3.8) is 0 Å². The topological polar surface area (TPSA) is 20.3 Å². The van der Waals surface area contributed by atoms with Crippen LogP contribution in [0.15, 0.2) is 16.6 Å². The number of hydrogen-bond donors (Lipinski definition) is 0. The van der Waals surface area contributed by atoms with Gasteiger partial charge in [-0.3, -0.25) is 4.79 Å². The van der Waals surface area contributed by atoms with Crippen molar-refractivity contribution in [1.29, 1.82) is 0 Å². The van der Waals surface area contributed by atoms with Gasteiger partial charge >= 0.3 is 0 Å². The lowest BCUT2D eigenvalue weighted by Crippen LogP contribution is -2.39. The highest BCUT2D eigenvalue weighted by atomic mass is 79.9. The lowest BCUT2D eigenvalue weighted by molar-refractivity contribution is 0.0708. The number of nitrogens with zero attached hydrogens (tertiary/aromatic N) is 1. The van der Waals surface area contributed by atoms with Crippen molar-refractivity contribution in [1.82, 2.24) is 4.90 Å². The molecular weight excluding hydrogens is 327 g/mol. The molecule has 18 heavy (non-hydrogen) atoms. The highest BCUT2D eigenvalue weighted by Crippen LogP contribution is 2.21. The Labute approximate surface area is 118 Å². The normalized spacial score (nSPS) is 10.8. The molecule has 0 aromatic heterocycles. The van der Waals surface area contributed by atoms with E-state index in [4.69, 9.17) is 11.6 Å². The fourth-order valence-corrected chi connectivity index (χ4v) is 2.16. The van der Waals surface area contributed by atoms with Crippen LogP contribution in [0.25, 0.3) is 0 Å². The molecule has 0 aliphatic rings. The number of halogens is 4. The van der Waals surface area contributed by atoms with Gasteiger partial charge in [-0.2, -0.15) is 0 Å². The number of rotatable bonds is 4. The Morgan fingerprint density at radius 2 is 1.89 bits per heavy atom. The molecule has 0 saturated heterocycles. The van der Waals surface area contributed by atoms with Crippen LogP contribution in [0.3, 0.4) is 0 Å². The van der Waals surface area contributed by atoms with Crippen LogP contribution in [0.1, 0.15) is 24.2 Å². The average Bonchev–Trinajstić information content (AvgIpc) is 2.23. The number of hydrogen-bond acceptors (Lipinski definition) is 1. The van der Waals surface area contributed by atoms with Gasteiger partial charge in [0.1, 0.15) is 17.2 Å². The Kier molecular flexibility index (Phi) is 5.53. The summed E-state index contributed by atoms with van der Waals surface area (Å²) in [6.07, 6.45) is 0. The molecule has 1 rings (SSSR count). The van der Waals surface area contributed by atoms with Crippen molar-refractivity contribution in [2.45, 2.75) is 19.9 Å². The monoisotopic (exact) mass is 339 g/mol. The Hall–Kier alpha value is -0.680. The molecule has 0 aliphatic carbocycles. The summed E-state index contributed by atoms with van der Waals surface area (Å²) in [7, 11) is 0. The van der Waals surface area contributed by atoms with Gasteiger partial charge in [-0.25, -0.2) is 8.78 Å². The summed E-state index contributed by atoms with van der Waals surface area (Å²) in [6, 6.07) is 1.95. The van der Waals surface area contributed by atoms with Crippen molar-refractivity contribution in [2.24, 2.45) is 0 Å². The van der Waals surface area contributed by atoms with Crippen molar-refractivity contribution in [2.75, 3.05) is 12.4 Å². The van der Waals surface area contributed by atoms with Gasteiger partial charge < -0.3 is 4.90 Å². The summed E-state index contributed by atoms with van der Waals surface area (Å²) in [5.74, 6) is -2.24. The molecule has 0 saturated carbocycles. The van der Waals surface area contributed by atoms with Crippen molar-refractivity contribution < 1.29 is 13.6 Å². The number of carbonyl (C=O) groups is 1. The van der Waals surface area contributed by atoms with E-state index in [0.29, 0.717) is 0 Å². The van der Waals surface area contributed by atoms with E-state index in [0.717, 1.165) is 12.1 Å². The fourth-order valence-electron chi connectivity index (χ4n) is 1.58. The van der Waals surface area contributed by atoms with Gasteiger partial charge in [0.25, 0.3) is 5.91 Å². The zero-order valence-electron chi connectivity index (χ0n) is 10.0. The standard InChI is InChI=1S/C12H13BrClF2NO/c1-7(2)17(4-3-14)12(18)11-9(15)5-8(13)6-10(11)16/h5-7H,3-4H2,1-2H3. The maximum absolute atomic E-state index is 13.7. The highest BCUT2D eigenvalue weighted by molar-refractivity contribution is 9.10. The van der Waals surface area contributed by atoms with Gasteiger partial charge in [0.05, 0.1) is 0 Å². The number of amides is 1. The van der Waals surface area contributed by atoms with E-state index in [-0.39, 0.29) is 22.9 Å². The summed E-state index contributed by atoms with van der Waals surface area (Å²) >= 11 is 8.55. The van der Waals surface area contributed by atoms with Crippen LogP contribution < -0.4 is 0 Å². The molecule has 0 heterocycles. The lowest BCUT2D eigenvalue weighted by atomic mass is 10.1. The first kappa shape index (κ1) is 15.4. The quantitative estimate of drug-likeness (QED) is 0.763. The molecule has 0 bridgehead atoms. The zero-order chi connectivity index (χ0) is 13.9. The predicted octanol–water partition coefficient (Wildman–Crippen LogP) is 3.82. The Bertz CT molecular complexity index is 431. The third kappa shape index (κ3) is 3.42. The Balaban J connectivity index is 3.16. The highest BCUT2D eigenvalue weighted by Gasteiger charge is 2.25. The average molecular weight is 341 g/mol. The van der Waals surface area contributed by atoms with Crippen LogP contribution in [0.2, 0.25) is 0 Å². The largest absolute Gasteiger partial charge is 0.335 e. The van der Waals surface area contributed by atoms with E-state index >= 15 is 0 Å². The molecule has 1 aromatic carbocycles. The van der Waals surface area contributed by atoms with Crippen LogP contribution in [0.4, 0.5) is 8.78 Å². The summed E-state index contributed by atoms with van der Waals surface area (Å²) in [5.41, 5.74) is -0.544. The van der Waals surface area contributed by atoms with Crippen LogP contribution in [-0.4, -0.2) is 29.3 Å². The smallest absolute Gasteiger partial charge is 0.260 e. The SMILES string of the molecule is CC(C)N(CCCl)C(=O)c1c(F)cc(Br)cc1F. The third-order valence-electron chi connectivity index (χ3n) is 2.43. The number of benzene rings is 1. The van der Waals surface area contributed by atoms with Crippen molar-refractivity contribution >= 4 is 33.4 Å². The molecule has 0 spiro atoms. The van der Waals surface area contributed by atoms with Crippen molar-refractivity contribution in [3.8, 4) is 0 Å².